The Morgan fingerprint density at radius 1 is 1.11 bits per heavy atom. The molecular weight excluding hydrogens is 226 g/mol. The monoisotopic (exact) mass is 251 g/mol. The van der Waals surface area contributed by atoms with Crippen LogP contribution in [0.15, 0.2) is 24.3 Å². The smallest absolute Gasteiger partial charge is 0.119 e. The topological polar surface area (TPSA) is 41.5 Å². The highest BCUT2D eigenvalue weighted by Gasteiger charge is 2.20. The summed E-state index contributed by atoms with van der Waals surface area (Å²) in [5.74, 6) is 0.903. The van der Waals surface area contributed by atoms with Crippen molar-refractivity contribution < 1.29 is 9.84 Å². The summed E-state index contributed by atoms with van der Waals surface area (Å²) in [6.45, 7) is 8.11. The lowest BCUT2D eigenvalue weighted by Gasteiger charge is -2.25. The van der Waals surface area contributed by atoms with Crippen LogP contribution in [0.2, 0.25) is 0 Å². The van der Waals surface area contributed by atoms with Gasteiger partial charge >= 0.3 is 0 Å². The minimum Gasteiger partial charge on any atom is -0.494 e. The van der Waals surface area contributed by atoms with E-state index in [2.05, 4.69) is 17.4 Å². The van der Waals surface area contributed by atoms with Crippen molar-refractivity contribution in [3.63, 3.8) is 0 Å². The second-order valence-corrected chi connectivity index (χ2v) is 4.61. The highest BCUT2D eigenvalue weighted by atomic mass is 16.5. The third-order valence-electron chi connectivity index (χ3n) is 3.33. The first-order valence-electron chi connectivity index (χ1n) is 6.78. The molecule has 0 aliphatic carbocycles. The lowest BCUT2D eigenvalue weighted by Crippen LogP contribution is -2.39. The minimum atomic E-state index is -0.578. The van der Waals surface area contributed by atoms with E-state index in [0.29, 0.717) is 13.2 Å². The van der Waals surface area contributed by atoms with Crippen LogP contribution in [0.3, 0.4) is 0 Å². The van der Waals surface area contributed by atoms with E-state index >= 15 is 0 Å². The summed E-state index contributed by atoms with van der Waals surface area (Å²) in [4.78, 5) is 0. The van der Waals surface area contributed by atoms with Gasteiger partial charge in [-0.3, -0.25) is 0 Å². The number of nitrogens with one attached hydrogen (secondary N) is 1. The SMILES string of the molecule is CCOc1ccc(CNCC(O)(CC)CC)cc1. The largest absolute Gasteiger partial charge is 0.494 e. The van der Waals surface area contributed by atoms with Crippen LogP contribution < -0.4 is 10.1 Å². The van der Waals surface area contributed by atoms with Crippen molar-refractivity contribution in [2.45, 2.75) is 45.8 Å². The Balaban J connectivity index is 2.39. The highest BCUT2D eigenvalue weighted by Crippen LogP contribution is 2.14. The number of hydrogen-bond acceptors (Lipinski definition) is 3. The van der Waals surface area contributed by atoms with Crippen LogP contribution in [0.4, 0.5) is 0 Å². The lowest BCUT2D eigenvalue weighted by atomic mass is 9.97. The number of hydrogen-bond donors (Lipinski definition) is 2. The zero-order valence-electron chi connectivity index (χ0n) is 11.7. The second kappa shape index (κ2) is 7.39. The van der Waals surface area contributed by atoms with Crippen LogP contribution in [0.25, 0.3) is 0 Å². The van der Waals surface area contributed by atoms with Gasteiger partial charge in [0, 0.05) is 13.1 Å². The highest BCUT2D eigenvalue weighted by molar-refractivity contribution is 5.27. The van der Waals surface area contributed by atoms with Crippen LogP contribution in [-0.4, -0.2) is 23.9 Å². The Morgan fingerprint density at radius 2 is 1.72 bits per heavy atom. The van der Waals surface area contributed by atoms with Crippen molar-refractivity contribution in [1.82, 2.24) is 5.32 Å². The Morgan fingerprint density at radius 3 is 2.22 bits per heavy atom. The van der Waals surface area contributed by atoms with Gasteiger partial charge in [0.1, 0.15) is 5.75 Å². The van der Waals surface area contributed by atoms with Gasteiger partial charge in [0.25, 0.3) is 0 Å². The zero-order valence-corrected chi connectivity index (χ0v) is 11.7. The van der Waals surface area contributed by atoms with Crippen molar-refractivity contribution >= 4 is 0 Å². The maximum Gasteiger partial charge on any atom is 0.119 e. The third kappa shape index (κ3) is 4.67. The van der Waals surface area contributed by atoms with Crippen molar-refractivity contribution in [1.29, 1.82) is 0 Å². The molecule has 3 nitrogen and oxygen atoms in total. The molecule has 0 saturated heterocycles. The second-order valence-electron chi connectivity index (χ2n) is 4.61. The van der Waals surface area contributed by atoms with Gasteiger partial charge in [-0.15, -0.1) is 0 Å². The Labute approximate surface area is 110 Å². The predicted molar refractivity (Wildman–Crippen MR) is 74.8 cm³/mol. The summed E-state index contributed by atoms with van der Waals surface area (Å²) in [6, 6.07) is 8.06. The summed E-state index contributed by atoms with van der Waals surface area (Å²) in [5, 5.41) is 13.4. The minimum absolute atomic E-state index is 0.578. The van der Waals surface area contributed by atoms with E-state index in [-0.39, 0.29) is 0 Å². The fourth-order valence-electron chi connectivity index (χ4n) is 1.81. The average molecular weight is 251 g/mol. The molecule has 0 heterocycles. The molecule has 0 atom stereocenters. The van der Waals surface area contributed by atoms with Crippen LogP contribution in [0.5, 0.6) is 5.75 Å². The number of ether oxygens (including phenoxy) is 1. The van der Waals surface area contributed by atoms with E-state index < -0.39 is 5.60 Å². The van der Waals surface area contributed by atoms with E-state index in [9.17, 15) is 5.11 Å². The summed E-state index contributed by atoms with van der Waals surface area (Å²) in [6.07, 6.45) is 1.56. The van der Waals surface area contributed by atoms with E-state index in [1.807, 2.05) is 32.9 Å². The molecule has 0 amide bonds. The molecule has 0 aliphatic rings. The predicted octanol–water partition coefficient (Wildman–Crippen LogP) is 2.73. The molecule has 102 valence electrons. The van der Waals surface area contributed by atoms with Crippen molar-refractivity contribution in [3.05, 3.63) is 29.8 Å². The van der Waals surface area contributed by atoms with E-state index in [4.69, 9.17) is 4.74 Å². The van der Waals surface area contributed by atoms with Crippen molar-refractivity contribution in [2.24, 2.45) is 0 Å². The molecule has 0 fully saturated rings. The van der Waals surface area contributed by atoms with Crippen LogP contribution in [-0.2, 0) is 6.54 Å². The maximum atomic E-state index is 10.1. The van der Waals surface area contributed by atoms with Gasteiger partial charge in [-0.1, -0.05) is 26.0 Å². The molecule has 1 aromatic carbocycles. The van der Waals surface area contributed by atoms with Crippen LogP contribution >= 0.6 is 0 Å². The molecule has 1 aromatic rings. The Bertz CT molecular complexity index is 331. The van der Waals surface area contributed by atoms with Crippen molar-refractivity contribution in [2.75, 3.05) is 13.2 Å². The quantitative estimate of drug-likeness (QED) is 0.746. The molecule has 0 radical (unpaired) electrons. The standard InChI is InChI=1S/C15H25NO2/c1-4-15(17,5-2)12-16-11-13-7-9-14(10-8-13)18-6-3/h7-10,16-17H,4-6,11-12H2,1-3H3. The van der Waals surface area contributed by atoms with Crippen molar-refractivity contribution in [3.8, 4) is 5.75 Å². The molecule has 0 aliphatic heterocycles. The summed E-state index contributed by atoms with van der Waals surface area (Å²) < 4.78 is 5.39. The van der Waals surface area contributed by atoms with Gasteiger partial charge < -0.3 is 15.2 Å². The molecule has 0 bridgehead atoms. The molecule has 0 unspecified atom stereocenters. The first-order valence-corrected chi connectivity index (χ1v) is 6.78. The van der Waals surface area contributed by atoms with Gasteiger partial charge in [0.05, 0.1) is 12.2 Å². The van der Waals surface area contributed by atoms with Gasteiger partial charge in [0.15, 0.2) is 0 Å². The Kier molecular flexibility index (Phi) is 6.16. The van der Waals surface area contributed by atoms with Gasteiger partial charge in [-0.05, 0) is 37.5 Å². The van der Waals surface area contributed by atoms with Crippen LogP contribution in [0.1, 0.15) is 39.2 Å². The molecule has 0 aromatic heterocycles. The molecule has 2 N–H and O–H groups in total. The summed E-state index contributed by atoms with van der Waals surface area (Å²) in [7, 11) is 0. The fraction of sp³-hybridized carbons (Fsp3) is 0.600. The lowest BCUT2D eigenvalue weighted by molar-refractivity contribution is 0.0323. The first kappa shape index (κ1) is 15.0. The number of aliphatic hydroxyl groups is 1. The van der Waals surface area contributed by atoms with E-state index in [0.717, 1.165) is 25.1 Å². The maximum absolute atomic E-state index is 10.1. The van der Waals surface area contributed by atoms with Gasteiger partial charge in [-0.25, -0.2) is 0 Å². The van der Waals surface area contributed by atoms with Gasteiger partial charge in [0.2, 0.25) is 0 Å². The summed E-state index contributed by atoms with van der Waals surface area (Å²) >= 11 is 0. The number of benzene rings is 1. The van der Waals surface area contributed by atoms with E-state index in [1.165, 1.54) is 5.56 Å². The zero-order chi connectivity index (χ0) is 13.4. The average Bonchev–Trinajstić information content (AvgIpc) is 2.41. The normalized spacial score (nSPS) is 11.6. The first-order chi connectivity index (χ1) is 8.63. The molecule has 0 spiro atoms. The fourth-order valence-corrected chi connectivity index (χ4v) is 1.81. The molecule has 3 heteroatoms. The number of rotatable bonds is 8. The van der Waals surface area contributed by atoms with E-state index in [1.54, 1.807) is 0 Å². The molecular formula is C15H25NO2. The summed E-state index contributed by atoms with van der Waals surface area (Å²) in [5.41, 5.74) is 0.624. The molecule has 0 saturated carbocycles. The molecule has 18 heavy (non-hydrogen) atoms. The molecule has 1 rings (SSSR count). The Hall–Kier alpha value is -1.06. The third-order valence-corrected chi connectivity index (χ3v) is 3.33. The van der Waals surface area contributed by atoms with Crippen LogP contribution in [0, 0.1) is 0 Å². The van der Waals surface area contributed by atoms with Gasteiger partial charge in [-0.2, -0.15) is 0 Å².